The maximum Gasteiger partial charge on any atom is 0.126 e. The molecule has 3 N–H and O–H groups in total. The second-order valence-corrected chi connectivity index (χ2v) is 5.90. The Balaban J connectivity index is 2.08. The minimum absolute atomic E-state index is 0.184. The molecule has 1 saturated carbocycles. The molecule has 3 heteroatoms. The van der Waals surface area contributed by atoms with Crippen LogP contribution in [0.3, 0.4) is 0 Å². The third-order valence-electron chi connectivity index (χ3n) is 4.43. The second kappa shape index (κ2) is 3.97. The van der Waals surface area contributed by atoms with Crippen LogP contribution in [-0.2, 0) is 5.60 Å². The van der Waals surface area contributed by atoms with Crippen LogP contribution in [0.5, 0.6) is 5.75 Å². The topological polar surface area (TPSA) is 55.5 Å². The van der Waals surface area contributed by atoms with Crippen molar-refractivity contribution in [2.75, 3.05) is 6.54 Å². The fourth-order valence-electron chi connectivity index (χ4n) is 3.47. The third-order valence-corrected chi connectivity index (χ3v) is 4.43. The molecule has 1 atom stereocenters. The van der Waals surface area contributed by atoms with Crippen molar-refractivity contribution in [3.8, 4) is 5.75 Å². The van der Waals surface area contributed by atoms with Crippen molar-refractivity contribution in [1.29, 1.82) is 0 Å². The third kappa shape index (κ3) is 1.73. The van der Waals surface area contributed by atoms with E-state index in [2.05, 4.69) is 0 Å². The summed E-state index contributed by atoms with van der Waals surface area (Å²) in [6, 6.07) is 6.01. The zero-order chi connectivity index (χ0) is 12.8. The van der Waals surface area contributed by atoms with Crippen molar-refractivity contribution in [3.63, 3.8) is 0 Å². The van der Waals surface area contributed by atoms with Crippen molar-refractivity contribution in [3.05, 3.63) is 29.3 Å². The van der Waals surface area contributed by atoms with E-state index in [4.69, 9.17) is 10.5 Å². The first kappa shape index (κ1) is 12.0. The van der Waals surface area contributed by atoms with E-state index in [1.54, 1.807) is 0 Å². The van der Waals surface area contributed by atoms with Gasteiger partial charge >= 0.3 is 0 Å². The molecule has 3 nitrogen and oxygen atoms in total. The molecule has 0 radical (unpaired) electrons. The van der Waals surface area contributed by atoms with Gasteiger partial charge in [-0.2, -0.15) is 0 Å². The number of hydrogen-bond donors (Lipinski definition) is 2. The lowest BCUT2D eigenvalue weighted by molar-refractivity contribution is -0.0712. The van der Waals surface area contributed by atoms with Crippen LogP contribution in [0.2, 0.25) is 0 Å². The number of nitrogens with two attached hydrogens (primary N) is 1. The number of rotatable bonds is 1. The predicted molar refractivity (Wildman–Crippen MR) is 70.6 cm³/mol. The summed E-state index contributed by atoms with van der Waals surface area (Å²) in [4.78, 5) is 0. The van der Waals surface area contributed by atoms with Crippen LogP contribution in [0.4, 0.5) is 0 Å². The van der Waals surface area contributed by atoms with Gasteiger partial charge in [-0.05, 0) is 44.7 Å². The molecule has 1 spiro atoms. The first-order chi connectivity index (χ1) is 8.57. The van der Waals surface area contributed by atoms with E-state index < -0.39 is 5.60 Å². The highest BCUT2D eigenvalue weighted by atomic mass is 16.5. The highest BCUT2D eigenvalue weighted by Gasteiger charge is 2.49. The number of aryl methyl sites for hydroxylation is 1. The van der Waals surface area contributed by atoms with E-state index in [1.807, 2.05) is 25.1 Å². The number of ether oxygens (including phenoxy) is 1. The van der Waals surface area contributed by atoms with Crippen LogP contribution in [0.25, 0.3) is 0 Å². The lowest BCUT2D eigenvalue weighted by Crippen LogP contribution is -2.49. The smallest absolute Gasteiger partial charge is 0.126 e. The van der Waals surface area contributed by atoms with Gasteiger partial charge in [0, 0.05) is 18.5 Å². The second-order valence-electron chi connectivity index (χ2n) is 5.90. The molecule has 1 heterocycles. The summed E-state index contributed by atoms with van der Waals surface area (Å²) >= 11 is 0. The fourth-order valence-corrected chi connectivity index (χ4v) is 3.47. The highest BCUT2D eigenvalue weighted by Crippen LogP contribution is 2.49. The van der Waals surface area contributed by atoms with Crippen molar-refractivity contribution >= 4 is 0 Å². The largest absolute Gasteiger partial charge is 0.487 e. The Morgan fingerprint density at radius 2 is 2.06 bits per heavy atom. The summed E-state index contributed by atoms with van der Waals surface area (Å²) in [7, 11) is 0. The minimum Gasteiger partial charge on any atom is -0.487 e. The Hall–Kier alpha value is -1.06. The molecule has 1 fully saturated rings. The molecule has 2 aliphatic rings. The molecule has 0 aromatic heterocycles. The predicted octanol–water partition coefficient (Wildman–Crippen LogP) is 2.24. The first-order valence-corrected chi connectivity index (χ1v) is 6.80. The van der Waals surface area contributed by atoms with Gasteiger partial charge < -0.3 is 15.6 Å². The summed E-state index contributed by atoms with van der Waals surface area (Å²) in [6.07, 6.45) is 5.06. The number of benzene rings is 1. The summed E-state index contributed by atoms with van der Waals surface area (Å²) in [5.41, 5.74) is 6.73. The van der Waals surface area contributed by atoms with Crippen molar-refractivity contribution in [2.24, 2.45) is 5.73 Å². The summed E-state index contributed by atoms with van der Waals surface area (Å²) in [5, 5.41) is 10.9. The van der Waals surface area contributed by atoms with E-state index in [9.17, 15) is 5.11 Å². The Morgan fingerprint density at radius 3 is 2.72 bits per heavy atom. The van der Waals surface area contributed by atoms with Crippen LogP contribution in [-0.4, -0.2) is 17.3 Å². The molecule has 1 unspecified atom stereocenters. The van der Waals surface area contributed by atoms with E-state index in [0.717, 1.165) is 29.7 Å². The van der Waals surface area contributed by atoms with Crippen LogP contribution in [0, 0.1) is 6.92 Å². The Labute approximate surface area is 108 Å². The average molecular weight is 247 g/mol. The normalized spacial score (nSPS) is 29.1. The molecule has 1 aliphatic carbocycles. The summed E-state index contributed by atoms with van der Waals surface area (Å²) < 4.78 is 6.22. The molecule has 1 aliphatic heterocycles. The molecule has 98 valence electrons. The van der Waals surface area contributed by atoms with Crippen molar-refractivity contribution in [1.82, 2.24) is 0 Å². The van der Waals surface area contributed by atoms with Crippen LogP contribution in [0.1, 0.15) is 43.2 Å². The lowest BCUT2D eigenvalue weighted by atomic mass is 9.77. The zero-order valence-electron chi connectivity index (χ0n) is 10.9. The number of hydrogen-bond acceptors (Lipinski definition) is 3. The molecule has 0 amide bonds. The van der Waals surface area contributed by atoms with Gasteiger partial charge in [0.1, 0.15) is 17.0 Å². The van der Waals surface area contributed by atoms with Crippen molar-refractivity contribution in [2.45, 2.75) is 50.2 Å². The summed E-state index contributed by atoms with van der Waals surface area (Å²) in [5.74, 6) is 0.821. The standard InChI is InChI=1S/C15H21NO2/c1-11-4-5-13-12(8-11)15(17,10-16)9-14(18-13)6-2-3-7-14/h4-5,8,17H,2-3,6-7,9-10,16H2,1H3. The van der Waals surface area contributed by atoms with Gasteiger partial charge in [-0.25, -0.2) is 0 Å². The molecule has 1 aromatic rings. The SMILES string of the molecule is Cc1ccc2c(c1)C(O)(CN)CC1(CCCC1)O2. The molecular weight excluding hydrogens is 226 g/mol. The maximum absolute atomic E-state index is 10.9. The van der Waals surface area contributed by atoms with Gasteiger partial charge in [0.15, 0.2) is 0 Å². The van der Waals surface area contributed by atoms with E-state index in [0.29, 0.717) is 6.42 Å². The zero-order valence-corrected chi connectivity index (χ0v) is 10.9. The fraction of sp³-hybridized carbons (Fsp3) is 0.600. The lowest BCUT2D eigenvalue weighted by Gasteiger charge is -2.44. The molecule has 1 aromatic carbocycles. The van der Waals surface area contributed by atoms with Crippen LogP contribution in [0.15, 0.2) is 18.2 Å². The van der Waals surface area contributed by atoms with Gasteiger partial charge in [-0.1, -0.05) is 11.6 Å². The average Bonchev–Trinajstić information content (AvgIpc) is 2.78. The monoisotopic (exact) mass is 247 g/mol. The maximum atomic E-state index is 10.9. The van der Waals surface area contributed by atoms with Gasteiger partial charge in [0.05, 0.1) is 0 Å². The molecule has 0 bridgehead atoms. The quantitative estimate of drug-likeness (QED) is 0.800. The van der Waals surface area contributed by atoms with E-state index in [-0.39, 0.29) is 12.1 Å². The van der Waals surface area contributed by atoms with E-state index in [1.165, 1.54) is 12.8 Å². The van der Waals surface area contributed by atoms with Crippen LogP contribution < -0.4 is 10.5 Å². The summed E-state index contributed by atoms with van der Waals surface area (Å²) in [6.45, 7) is 2.28. The van der Waals surface area contributed by atoms with Crippen LogP contribution >= 0.6 is 0 Å². The first-order valence-electron chi connectivity index (χ1n) is 6.80. The molecule has 18 heavy (non-hydrogen) atoms. The van der Waals surface area contributed by atoms with Gasteiger partial charge in [0.25, 0.3) is 0 Å². The van der Waals surface area contributed by atoms with Gasteiger partial charge in [-0.15, -0.1) is 0 Å². The Bertz CT molecular complexity index is 466. The molecule has 3 rings (SSSR count). The Morgan fingerprint density at radius 1 is 1.33 bits per heavy atom. The minimum atomic E-state index is -0.927. The highest BCUT2D eigenvalue weighted by molar-refractivity contribution is 5.44. The van der Waals surface area contributed by atoms with Gasteiger partial charge in [-0.3, -0.25) is 0 Å². The van der Waals surface area contributed by atoms with E-state index >= 15 is 0 Å². The number of aliphatic hydroxyl groups is 1. The molecular formula is C15H21NO2. The molecule has 0 saturated heterocycles. The van der Waals surface area contributed by atoms with Crippen molar-refractivity contribution < 1.29 is 9.84 Å². The number of fused-ring (bicyclic) bond motifs is 1. The van der Waals surface area contributed by atoms with Gasteiger partial charge in [0.2, 0.25) is 0 Å². The Kier molecular flexibility index (Phi) is 2.65.